The van der Waals surface area contributed by atoms with E-state index in [9.17, 15) is 9.90 Å². The van der Waals surface area contributed by atoms with E-state index in [4.69, 9.17) is 4.74 Å². The lowest BCUT2D eigenvalue weighted by Gasteiger charge is -2.17. The first kappa shape index (κ1) is 13.1. The Balaban J connectivity index is 3.70. The summed E-state index contributed by atoms with van der Waals surface area (Å²) in [5.41, 5.74) is -0.411. The summed E-state index contributed by atoms with van der Waals surface area (Å²) in [6.07, 6.45) is 0. The minimum absolute atomic E-state index is 0.336. The van der Waals surface area contributed by atoms with Gasteiger partial charge in [-0.1, -0.05) is 6.58 Å². The molecular weight excluding hydrogens is 182 g/mol. The largest absolute Gasteiger partial charge is 0.463 e. The highest BCUT2D eigenvalue weighted by Crippen LogP contribution is 1.98. The van der Waals surface area contributed by atoms with Gasteiger partial charge in [-0.05, 0) is 20.8 Å². The average Bonchev–Trinajstić information content (AvgIpc) is 2.02. The predicted molar refractivity (Wildman–Crippen MR) is 54.9 cm³/mol. The second-order valence-corrected chi connectivity index (χ2v) is 3.74. The number of aliphatic hydroxyl groups is 1. The number of ether oxygens (including phenoxy) is 1. The Kier molecular flexibility index (Phi) is 5.42. The van der Waals surface area contributed by atoms with Gasteiger partial charge in [-0.25, -0.2) is 4.79 Å². The van der Waals surface area contributed by atoms with Gasteiger partial charge in [0.15, 0.2) is 0 Å². The topological polar surface area (TPSA) is 58.6 Å². The van der Waals surface area contributed by atoms with Crippen LogP contribution in [-0.4, -0.2) is 36.4 Å². The number of esters is 1. The van der Waals surface area contributed by atoms with E-state index in [0.29, 0.717) is 25.3 Å². The highest BCUT2D eigenvalue weighted by atomic mass is 16.5. The zero-order chi connectivity index (χ0) is 11.2. The van der Waals surface area contributed by atoms with Crippen LogP contribution in [0.15, 0.2) is 12.2 Å². The maximum Gasteiger partial charge on any atom is 0.334 e. The minimum atomic E-state index is -0.783. The van der Waals surface area contributed by atoms with Gasteiger partial charge in [0, 0.05) is 18.7 Å². The lowest BCUT2D eigenvalue weighted by atomic mass is 10.1. The van der Waals surface area contributed by atoms with Gasteiger partial charge in [-0.3, -0.25) is 0 Å². The molecule has 0 saturated heterocycles. The monoisotopic (exact) mass is 201 g/mol. The molecule has 0 aliphatic heterocycles. The maximum atomic E-state index is 11.1. The fraction of sp³-hybridized carbons (Fsp3) is 0.700. The van der Waals surface area contributed by atoms with Crippen LogP contribution in [-0.2, 0) is 9.53 Å². The molecule has 0 heterocycles. The quantitative estimate of drug-likeness (QED) is 0.484. The Morgan fingerprint density at radius 3 is 2.57 bits per heavy atom. The van der Waals surface area contributed by atoms with Crippen molar-refractivity contribution >= 4 is 5.97 Å². The molecule has 0 aliphatic rings. The molecule has 0 fully saturated rings. The summed E-state index contributed by atoms with van der Waals surface area (Å²) in [6, 6.07) is 0. The van der Waals surface area contributed by atoms with Crippen molar-refractivity contribution in [1.29, 1.82) is 0 Å². The van der Waals surface area contributed by atoms with Gasteiger partial charge in [0.2, 0.25) is 0 Å². The zero-order valence-corrected chi connectivity index (χ0v) is 9.09. The lowest BCUT2D eigenvalue weighted by molar-refractivity contribution is -0.138. The molecule has 0 atom stereocenters. The molecular formula is C10H19NO3. The minimum Gasteiger partial charge on any atom is -0.463 e. The van der Waals surface area contributed by atoms with E-state index in [1.54, 1.807) is 20.8 Å². The van der Waals surface area contributed by atoms with Crippen molar-refractivity contribution in [2.24, 2.45) is 0 Å². The Hall–Kier alpha value is -0.870. The van der Waals surface area contributed by atoms with Gasteiger partial charge in [-0.15, -0.1) is 0 Å². The van der Waals surface area contributed by atoms with E-state index < -0.39 is 11.6 Å². The van der Waals surface area contributed by atoms with Crippen LogP contribution >= 0.6 is 0 Å². The SMILES string of the molecule is C=C(CNCC(C)(C)O)C(=O)OCC. The van der Waals surface area contributed by atoms with Crippen LogP contribution in [0.3, 0.4) is 0 Å². The Bertz CT molecular complexity index is 206. The Labute approximate surface area is 85.0 Å². The molecule has 82 valence electrons. The third-order valence-electron chi connectivity index (χ3n) is 1.46. The van der Waals surface area contributed by atoms with Crippen LogP contribution < -0.4 is 5.32 Å². The molecule has 0 unspecified atom stereocenters. The first-order valence-electron chi connectivity index (χ1n) is 4.65. The van der Waals surface area contributed by atoms with Gasteiger partial charge in [0.25, 0.3) is 0 Å². The number of hydrogen-bond donors (Lipinski definition) is 2. The summed E-state index contributed by atoms with van der Waals surface area (Å²) in [6.45, 7) is 9.79. The van der Waals surface area contributed by atoms with Gasteiger partial charge in [-0.2, -0.15) is 0 Å². The first-order valence-corrected chi connectivity index (χ1v) is 4.65. The van der Waals surface area contributed by atoms with E-state index in [0.717, 1.165) is 0 Å². The van der Waals surface area contributed by atoms with Crippen LogP contribution in [0.5, 0.6) is 0 Å². The van der Waals surface area contributed by atoms with Gasteiger partial charge >= 0.3 is 5.97 Å². The number of carbonyl (C=O) groups excluding carboxylic acids is 1. The maximum absolute atomic E-state index is 11.1. The number of hydrogen-bond acceptors (Lipinski definition) is 4. The summed E-state index contributed by atoms with van der Waals surface area (Å²) in [7, 11) is 0. The molecule has 0 amide bonds. The van der Waals surface area contributed by atoms with Crippen LogP contribution in [0.1, 0.15) is 20.8 Å². The van der Waals surface area contributed by atoms with Gasteiger partial charge in [0.05, 0.1) is 12.2 Å². The molecule has 0 bridgehead atoms. The van der Waals surface area contributed by atoms with E-state index >= 15 is 0 Å². The van der Waals surface area contributed by atoms with Crippen molar-refractivity contribution in [3.63, 3.8) is 0 Å². The summed E-state index contributed by atoms with van der Waals surface area (Å²) >= 11 is 0. The standard InChI is InChI=1S/C10H19NO3/c1-5-14-9(12)8(2)6-11-7-10(3,4)13/h11,13H,2,5-7H2,1,3-4H3. The van der Waals surface area contributed by atoms with Gasteiger partial charge in [0.1, 0.15) is 0 Å². The van der Waals surface area contributed by atoms with Crippen molar-refractivity contribution < 1.29 is 14.6 Å². The number of rotatable bonds is 6. The third-order valence-corrected chi connectivity index (χ3v) is 1.46. The average molecular weight is 201 g/mol. The molecule has 0 aromatic carbocycles. The van der Waals surface area contributed by atoms with Crippen LogP contribution in [0, 0.1) is 0 Å². The molecule has 0 saturated carbocycles. The van der Waals surface area contributed by atoms with Crippen LogP contribution in [0.2, 0.25) is 0 Å². The molecule has 0 spiro atoms. The number of carbonyl (C=O) groups is 1. The highest BCUT2D eigenvalue weighted by molar-refractivity contribution is 5.88. The zero-order valence-electron chi connectivity index (χ0n) is 9.09. The molecule has 0 radical (unpaired) electrons. The molecule has 4 heteroatoms. The van der Waals surface area contributed by atoms with E-state index in [1.165, 1.54) is 0 Å². The van der Waals surface area contributed by atoms with Crippen molar-refractivity contribution in [3.05, 3.63) is 12.2 Å². The van der Waals surface area contributed by atoms with Crippen molar-refractivity contribution in [2.45, 2.75) is 26.4 Å². The molecule has 14 heavy (non-hydrogen) atoms. The molecule has 0 rings (SSSR count). The summed E-state index contributed by atoms with van der Waals surface area (Å²) in [5, 5.41) is 12.3. The molecule has 2 N–H and O–H groups in total. The molecule has 0 aromatic heterocycles. The van der Waals surface area contributed by atoms with Gasteiger partial charge < -0.3 is 15.2 Å². The molecule has 0 aromatic rings. The second-order valence-electron chi connectivity index (χ2n) is 3.74. The molecule has 0 aliphatic carbocycles. The summed E-state index contributed by atoms with van der Waals surface area (Å²) < 4.78 is 4.75. The second kappa shape index (κ2) is 5.78. The smallest absolute Gasteiger partial charge is 0.334 e. The normalized spacial score (nSPS) is 11.1. The predicted octanol–water partition coefficient (Wildman–Crippen LogP) is 0.466. The van der Waals surface area contributed by atoms with Crippen molar-refractivity contribution in [2.75, 3.05) is 19.7 Å². The molecule has 4 nitrogen and oxygen atoms in total. The highest BCUT2D eigenvalue weighted by Gasteiger charge is 2.13. The number of nitrogens with one attached hydrogen (secondary N) is 1. The van der Waals surface area contributed by atoms with Crippen LogP contribution in [0.4, 0.5) is 0 Å². The van der Waals surface area contributed by atoms with Crippen molar-refractivity contribution in [3.8, 4) is 0 Å². The third kappa shape index (κ3) is 6.62. The Morgan fingerprint density at radius 2 is 2.14 bits per heavy atom. The fourth-order valence-electron chi connectivity index (χ4n) is 0.825. The van der Waals surface area contributed by atoms with E-state index in [-0.39, 0.29) is 0 Å². The Morgan fingerprint density at radius 1 is 1.57 bits per heavy atom. The van der Waals surface area contributed by atoms with E-state index in [1.807, 2.05) is 0 Å². The fourth-order valence-corrected chi connectivity index (χ4v) is 0.825. The summed E-state index contributed by atoms with van der Waals surface area (Å²) in [5.74, 6) is -0.393. The van der Waals surface area contributed by atoms with Crippen molar-refractivity contribution in [1.82, 2.24) is 5.32 Å². The van der Waals surface area contributed by atoms with Crippen LogP contribution in [0.25, 0.3) is 0 Å². The lowest BCUT2D eigenvalue weighted by Crippen LogP contribution is -2.36. The summed E-state index contributed by atoms with van der Waals surface area (Å²) in [4.78, 5) is 11.1. The van der Waals surface area contributed by atoms with E-state index in [2.05, 4.69) is 11.9 Å². The first-order chi connectivity index (χ1) is 6.37.